The maximum absolute atomic E-state index is 10.9. The van der Waals surface area contributed by atoms with Crippen LogP contribution in [-0.4, -0.2) is 31.4 Å². The predicted molar refractivity (Wildman–Crippen MR) is 99.7 cm³/mol. The summed E-state index contributed by atoms with van der Waals surface area (Å²) in [5, 5.41) is 10.1. The number of aldehydes is 1. The number of hydrogen-bond acceptors (Lipinski definition) is 7. The second-order valence-electron chi connectivity index (χ2n) is 5.97. The number of anilines is 2. The molecule has 0 unspecified atom stereocenters. The van der Waals surface area contributed by atoms with Gasteiger partial charge in [-0.15, -0.1) is 5.10 Å². The molecular formula is C19H16N6O2. The summed E-state index contributed by atoms with van der Waals surface area (Å²) in [6.07, 6.45) is 0.673. The highest BCUT2D eigenvalue weighted by atomic mass is 16.3. The molecule has 0 bridgehead atoms. The van der Waals surface area contributed by atoms with Crippen LogP contribution in [0.1, 0.15) is 21.9 Å². The number of aromatic nitrogens is 5. The minimum atomic E-state index is 0.270. The predicted octanol–water partition coefficient (Wildman–Crippen LogP) is 3.69. The highest BCUT2D eigenvalue weighted by Crippen LogP contribution is 2.31. The molecule has 8 nitrogen and oxygen atoms in total. The van der Waals surface area contributed by atoms with E-state index in [4.69, 9.17) is 4.42 Å². The smallest absolute Gasteiger partial charge is 0.249 e. The molecule has 0 saturated carbocycles. The Labute approximate surface area is 154 Å². The molecule has 0 aliphatic rings. The summed E-state index contributed by atoms with van der Waals surface area (Å²) in [5.41, 5.74) is 3.31. The SMILES string of the molecule is Cc1cc(C)nc(Nc2n[nH]c(-c3ccccc3-c3ccc(C=O)o3)n2)n1. The van der Waals surface area contributed by atoms with Crippen molar-refractivity contribution in [3.05, 3.63) is 59.6 Å². The van der Waals surface area contributed by atoms with Crippen molar-refractivity contribution < 1.29 is 9.21 Å². The van der Waals surface area contributed by atoms with E-state index in [9.17, 15) is 4.79 Å². The summed E-state index contributed by atoms with van der Waals surface area (Å²) in [7, 11) is 0. The van der Waals surface area contributed by atoms with Crippen molar-refractivity contribution in [2.75, 3.05) is 5.32 Å². The molecule has 2 N–H and O–H groups in total. The van der Waals surface area contributed by atoms with Crippen LogP contribution in [0, 0.1) is 13.8 Å². The van der Waals surface area contributed by atoms with E-state index in [1.807, 2.05) is 44.2 Å². The second-order valence-corrected chi connectivity index (χ2v) is 5.97. The highest BCUT2D eigenvalue weighted by molar-refractivity contribution is 5.80. The minimum absolute atomic E-state index is 0.270. The van der Waals surface area contributed by atoms with Gasteiger partial charge in [0.15, 0.2) is 17.9 Å². The summed E-state index contributed by atoms with van der Waals surface area (Å²) < 4.78 is 5.54. The van der Waals surface area contributed by atoms with E-state index in [0.29, 0.717) is 29.8 Å². The summed E-state index contributed by atoms with van der Waals surface area (Å²) in [6.45, 7) is 3.80. The van der Waals surface area contributed by atoms with Gasteiger partial charge in [0.1, 0.15) is 5.76 Å². The fourth-order valence-corrected chi connectivity index (χ4v) is 2.79. The molecule has 0 aliphatic carbocycles. The lowest BCUT2D eigenvalue weighted by atomic mass is 10.1. The van der Waals surface area contributed by atoms with Crippen molar-refractivity contribution in [1.29, 1.82) is 0 Å². The average molecular weight is 360 g/mol. The molecule has 0 amide bonds. The fourth-order valence-electron chi connectivity index (χ4n) is 2.79. The molecule has 0 atom stereocenters. The Kier molecular flexibility index (Phi) is 4.21. The monoisotopic (exact) mass is 360 g/mol. The number of furan rings is 1. The Balaban J connectivity index is 1.66. The van der Waals surface area contributed by atoms with E-state index in [1.54, 1.807) is 12.1 Å². The maximum Gasteiger partial charge on any atom is 0.249 e. The zero-order chi connectivity index (χ0) is 18.8. The number of nitrogens with one attached hydrogen (secondary N) is 2. The van der Waals surface area contributed by atoms with E-state index >= 15 is 0 Å². The Morgan fingerprint density at radius 2 is 1.70 bits per heavy atom. The zero-order valence-corrected chi connectivity index (χ0v) is 14.7. The van der Waals surface area contributed by atoms with Gasteiger partial charge in [-0.1, -0.05) is 24.3 Å². The van der Waals surface area contributed by atoms with E-state index in [2.05, 4.69) is 30.5 Å². The van der Waals surface area contributed by atoms with Crippen LogP contribution >= 0.6 is 0 Å². The van der Waals surface area contributed by atoms with Crippen LogP contribution in [0.3, 0.4) is 0 Å². The van der Waals surface area contributed by atoms with Crippen LogP contribution in [0.4, 0.5) is 11.9 Å². The quantitative estimate of drug-likeness (QED) is 0.522. The lowest BCUT2D eigenvalue weighted by molar-refractivity contribution is 0.110. The molecule has 0 radical (unpaired) electrons. The number of aromatic amines is 1. The first-order valence-corrected chi connectivity index (χ1v) is 8.29. The normalized spacial score (nSPS) is 10.7. The molecule has 0 fully saturated rings. The summed E-state index contributed by atoms with van der Waals surface area (Å²) in [4.78, 5) is 24.0. The van der Waals surface area contributed by atoms with Crippen molar-refractivity contribution in [1.82, 2.24) is 25.1 Å². The minimum Gasteiger partial charge on any atom is -0.453 e. The van der Waals surface area contributed by atoms with Crippen LogP contribution in [0.2, 0.25) is 0 Å². The van der Waals surface area contributed by atoms with Crippen LogP contribution in [0.25, 0.3) is 22.7 Å². The molecule has 0 aliphatic heterocycles. The first kappa shape index (κ1) is 16.6. The number of benzene rings is 1. The largest absolute Gasteiger partial charge is 0.453 e. The van der Waals surface area contributed by atoms with Crippen molar-refractivity contribution >= 4 is 18.2 Å². The summed E-state index contributed by atoms with van der Waals surface area (Å²) in [5.74, 6) is 2.20. The van der Waals surface area contributed by atoms with Gasteiger partial charge in [0.25, 0.3) is 0 Å². The molecule has 0 saturated heterocycles. The highest BCUT2D eigenvalue weighted by Gasteiger charge is 2.14. The number of hydrogen-bond donors (Lipinski definition) is 2. The molecule has 27 heavy (non-hydrogen) atoms. The maximum atomic E-state index is 10.9. The number of nitrogens with zero attached hydrogens (tertiary/aromatic N) is 4. The third kappa shape index (κ3) is 3.45. The molecule has 3 aromatic heterocycles. The van der Waals surface area contributed by atoms with Gasteiger partial charge < -0.3 is 4.42 Å². The Hall–Kier alpha value is -3.81. The molecular weight excluding hydrogens is 344 g/mol. The van der Waals surface area contributed by atoms with Crippen LogP contribution < -0.4 is 5.32 Å². The van der Waals surface area contributed by atoms with Gasteiger partial charge in [0.2, 0.25) is 11.9 Å². The second kappa shape index (κ2) is 6.83. The topological polar surface area (TPSA) is 110 Å². The van der Waals surface area contributed by atoms with E-state index in [0.717, 1.165) is 22.5 Å². The summed E-state index contributed by atoms with van der Waals surface area (Å²) in [6, 6.07) is 12.8. The number of carbonyl (C=O) groups is 1. The molecule has 4 aromatic rings. The van der Waals surface area contributed by atoms with Crippen molar-refractivity contribution in [3.63, 3.8) is 0 Å². The van der Waals surface area contributed by atoms with Gasteiger partial charge in [-0.2, -0.15) is 4.98 Å². The van der Waals surface area contributed by atoms with Gasteiger partial charge in [0, 0.05) is 22.5 Å². The van der Waals surface area contributed by atoms with Crippen molar-refractivity contribution in [3.8, 4) is 22.7 Å². The van der Waals surface area contributed by atoms with Crippen LogP contribution in [0.15, 0.2) is 46.9 Å². The van der Waals surface area contributed by atoms with E-state index in [1.165, 1.54) is 0 Å². The number of aryl methyl sites for hydroxylation is 2. The summed E-state index contributed by atoms with van der Waals surface area (Å²) >= 11 is 0. The lowest BCUT2D eigenvalue weighted by Gasteiger charge is -2.04. The lowest BCUT2D eigenvalue weighted by Crippen LogP contribution is -2.01. The molecule has 0 spiro atoms. The third-order valence-electron chi connectivity index (χ3n) is 3.88. The third-order valence-corrected chi connectivity index (χ3v) is 3.88. The molecule has 3 heterocycles. The molecule has 4 rings (SSSR count). The van der Waals surface area contributed by atoms with E-state index in [-0.39, 0.29) is 5.76 Å². The Morgan fingerprint density at radius 3 is 2.41 bits per heavy atom. The van der Waals surface area contributed by atoms with E-state index < -0.39 is 0 Å². The Bertz CT molecular complexity index is 1090. The first-order chi connectivity index (χ1) is 13.1. The standard InChI is InChI=1S/C19H16N6O2/c1-11-9-12(2)21-18(20-11)23-19-22-17(24-25-19)15-6-4-3-5-14(15)16-8-7-13(10-26)27-16/h3-10H,1-2H3,(H2,20,21,22,23,24,25). The van der Waals surface area contributed by atoms with Crippen LogP contribution in [-0.2, 0) is 0 Å². The number of rotatable bonds is 5. The van der Waals surface area contributed by atoms with Gasteiger partial charge in [0.05, 0.1) is 0 Å². The van der Waals surface area contributed by atoms with Gasteiger partial charge in [-0.3, -0.25) is 15.2 Å². The average Bonchev–Trinajstić information content (AvgIpc) is 3.30. The molecule has 1 aromatic carbocycles. The Morgan fingerprint density at radius 1 is 0.963 bits per heavy atom. The zero-order valence-electron chi connectivity index (χ0n) is 14.7. The van der Waals surface area contributed by atoms with Gasteiger partial charge in [-0.25, -0.2) is 9.97 Å². The van der Waals surface area contributed by atoms with Crippen LogP contribution in [0.5, 0.6) is 0 Å². The molecule has 8 heteroatoms. The van der Waals surface area contributed by atoms with Crippen molar-refractivity contribution in [2.24, 2.45) is 0 Å². The first-order valence-electron chi connectivity index (χ1n) is 8.29. The molecule has 134 valence electrons. The number of H-pyrrole nitrogens is 1. The van der Waals surface area contributed by atoms with Gasteiger partial charge >= 0.3 is 0 Å². The number of carbonyl (C=O) groups excluding carboxylic acids is 1. The van der Waals surface area contributed by atoms with Crippen molar-refractivity contribution in [2.45, 2.75) is 13.8 Å². The fraction of sp³-hybridized carbons (Fsp3) is 0.105. The van der Waals surface area contributed by atoms with Gasteiger partial charge in [-0.05, 0) is 32.0 Å².